The first-order chi connectivity index (χ1) is 17.2. The molecule has 0 bridgehead atoms. The lowest BCUT2D eigenvalue weighted by molar-refractivity contribution is 0.0939. The zero-order chi connectivity index (χ0) is 24.5. The van der Waals surface area contributed by atoms with Crippen LogP contribution in [0, 0.1) is 0 Å². The first kappa shape index (κ1) is 24.5. The fraction of sp³-hybridized carbons (Fsp3) is 0.276. The molecule has 2 aromatic heterocycles. The van der Waals surface area contributed by atoms with Crippen molar-refractivity contribution in [1.82, 2.24) is 14.7 Å². The minimum Gasteiger partial charge on any atom is -0.468 e. The van der Waals surface area contributed by atoms with Crippen molar-refractivity contribution in [3.8, 4) is 17.3 Å². The van der Waals surface area contributed by atoms with Gasteiger partial charge in [-0.05, 0) is 55.7 Å². The van der Waals surface area contributed by atoms with E-state index in [0.29, 0.717) is 31.9 Å². The van der Waals surface area contributed by atoms with Crippen molar-refractivity contribution in [2.75, 3.05) is 6.54 Å². The summed E-state index contributed by atoms with van der Waals surface area (Å²) in [7, 11) is 0. The number of aryl methyl sites for hydroxylation is 1. The number of aliphatic hydroxyl groups excluding tert-OH is 1. The smallest absolute Gasteiger partial charge is 0.227 e. The number of hydrogen-bond acceptors (Lipinski definition) is 5. The van der Waals surface area contributed by atoms with Gasteiger partial charge < -0.3 is 14.3 Å². The Morgan fingerprint density at radius 3 is 2.46 bits per heavy atom. The highest BCUT2D eigenvalue weighted by Crippen LogP contribution is 2.32. The topological polar surface area (TPSA) is 63.7 Å². The highest BCUT2D eigenvalue weighted by Gasteiger charge is 2.24. The third-order valence-electron chi connectivity index (χ3n) is 5.83. The fourth-order valence-corrected chi connectivity index (χ4v) is 4.10. The second-order valence-electron chi connectivity index (χ2n) is 8.52. The minimum absolute atomic E-state index is 0.476. The maximum absolute atomic E-state index is 10.7. The van der Waals surface area contributed by atoms with Crippen LogP contribution >= 0.6 is 0 Å². The van der Waals surface area contributed by atoms with Gasteiger partial charge in [-0.2, -0.15) is 5.10 Å². The van der Waals surface area contributed by atoms with Crippen LogP contribution in [0.5, 0.6) is 11.6 Å². The highest BCUT2D eigenvalue weighted by molar-refractivity contribution is 5.43. The number of ether oxygens (including phenoxy) is 1. The lowest BCUT2D eigenvalue weighted by Crippen LogP contribution is -2.32. The molecule has 0 aliphatic carbocycles. The van der Waals surface area contributed by atoms with Crippen molar-refractivity contribution in [2.24, 2.45) is 0 Å². The van der Waals surface area contributed by atoms with Crippen molar-refractivity contribution < 1.29 is 14.3 Å². The molecule has 1 unspecified atom stereocenters. The van der Waals surface area contributed by atoms with E-state index in [1.54, 1.807) is 6.26 Å². The fourth-order valence-electron chi connectivity index (χ4n) is 4.10. The first-order valence-electron chi connectivity index (χ1n) is 12.1. The Morgan fingerprint density at radius 2 is 1.80 bits per heavy atom. The molecule has 0 aliphatic heterocycles. The Kier molecular flexibility index (Phi) is 8.54. The summed E-state index contributed by atoms with van der Waals surface area (Å²) in [5.74, 6) is 2.28. The van der Waals surface area contributed by atoms with Gasteiger partial charge >= 0.3 is 0 Å². The van der Waals surface area contributed by atoms with E-state index >= 15 is 0 Å². The van der Waals surface area contributed by atoms with E-state index in [-0.39, 0.29) is 0 Å². The van der Waals surface area contributed by atoms with Crippen LogP contribution in [0.25, 0.3) is 5.69 Å². The van der Waals surface area contributed by atoms with E-state index in [1.165, 1.54) is 0 Å². The van der Waals surface area contributed by atoms with Gasteiger partial charge in [-0.1, -0.05) is 49.4 Å². The highest BCUT2D eigenvalue weighted by atomic mass is 16.5. The Labute approximate surface area is 207 Å². The van der Waals surface area contributed by atoms with Crippen molar-refractivity contribution in [1.29, 1.82) is 0 Å². The van der Waals surface area contributed by atoms with Gasteiger partial charge in [0.2, 0.25) is 5.88 Å². The maximum Gasteiger partial charge on any atom is 0.227 e. The molecule has 0 spiro atoms. The van der Waals surface area contributed by atoms with E-state index in [1.807, 2.05) is 83.6 Å². The molecule has 0 saturated carbocycles. The molecule has 0 radical (unpaired) electrons. The summed E-state index contributed by atoms with van der Waals surface area (Å²) in [6.07, 6.45) is 5.23. The second kappa shape index (κ2) is 12.2. The Hall–Kier alpha value is -3.61. The third-order valence-corrected chi connectivity index (χ3v) is 5.83. The van der Waals surface area contributed by atoms with E-state index in [9.17, 15) is 5.11 Å². The minimum atomic E-state index is -0.476. The van der Waals surface area contributed by atoms with Crippen LogP contribution in [0.3, 0.4) is 0 Å². The van der Waals surface area contributed by atoms with Crippen LogP contribution < -0.4 is 4.74 Å². The summed E-state index contributed by atoms with van der Waals surface area (Å²) in [5.41, 5.74) is 2.90. The van der Waals surface area contributed by atoms with Gasteiger partial charge in [-0.25, -0.2) is 4.68 Å². The molecule has 35 heavy (non-hydrogen) atoms. The van der Waals surface area contributed by atoms with Gasteiger partial charge in [-0.3, -0.25) is 4.90 Å². The largest absolute Gasteiger partial charge is 0.468 e. The summed E-state index contributed by atoms with van der Waals surface area (Å²) in [6, 6.07) is 23.6. The molecule has 6 heteroatoms. The number of aliphatic hydroxyl groups is 1. The van der Waals surface area contributed by atoms with Crippen LogP contribution in [-0.2, 0) is 19.5 Å². The molecule has 0 fully saturated rings. The van der Waals surface area contributed by atoms with Crippen LogP contribution in [0.1, 0.15) is 36.8 Å². The van der Waals surface area contributed by atoms with E-state index in [4.69, 9.17) is 14.3 Å². The van der Waals surface area contributed by atoms with Crippen molar-refractivity contribution >= 4 is 0 Å². The van der Waals surface area contributed by atoms with Gasteiger partial charge in [0, 0.05) is 13.1 Å². The van der Waals surface area contributed by atoms with Crippen LogP contribution in [0.4, 0.5) is 0 Å². The maximum atomic E-state index is 10.7. The first-order valence-corrected chi connectivity index (χ1v) is 12.1. The number of nitrogens with zero attached hydrogens (tertiary/aromatic N) is 3. The molecular formula is C29H33N3O3. The molecule has 2 heterocycles. The summed E-state index contributed by atoms with van der Waals surface area (Å²) in [4.78, 5) is 2.19. The standard InChI is InChI=1S/C29H33N3O3/c1-3-5-15-24(33)20-31(21-26-18-12-19-34-26)22-27-28(4-2)30-32(23-13-8-6-9-14-23)29(27)35-25-16-10-7-11-17-25/h3,6-14,16-19,24,33H,1,4-5,15,20-22H2,2H3. The molecular weight excluding hydrogens is 438 g/mol. The predicted molar refractivity (Wildman–Crippen MR) is 138 cm³/mol. The van der Waals surface area contributed by atoms with Crippen molar-refractivity contribution in [3.05, 3.63) is 109 Å². The molecule has 4 rings (SSSR count). The second-order valence-corrected chi connectivity index (χ2v) is 8.52. The van der Waals surface area contributed by atoms with Crippen molar-refractivity contribution in [2.45, 2.75) is 45.4 Å². The zero-order valence-electron chi connectivity index (χ0n) is 20.2. The number of furan rings is 1. The molecule has 0 aliphatic rings. The van der Waals surface area contributed by atoms with Gasteiger partial charge in [0.05, 0.1) is 35.9 Å². The monoisotopic (exact) mass is 471 g/mol. The average molecular weight is 472 g/mol. The molecule has 4 aromatic rings. The average Bonchev–Trinajstić information content (AvgIpc) is 3.52. The van der Waals surface area contributed by atoms with Crippen LogP contribution in [-0.4, -0.2) is 32.4 Å². The van der Waals surface area contributed by atoms with E-state index < -0.39 is 6.10 Å². The van der Waals surface area contributed by atoms with Crippen LogP contribution in [0.15, 0.2) is 96.1 Å². The lowest BCUT2D eigenvalue weighted by Gasteiger charge is -2.24. The summed E-state index contributed by atoms with van der Waals surface area (Å²) in [6.45, 7) is 7.51. The number of benzene rings is 2. The Balaban J connectivity index is 1.71. The lowest BCUT2D eigenvalue weighted by atomic mass is 10.1. The summed E-state index contributed by atoms with van der Waals surface area (Å²) < 4.78 is 14.0. The van der Waals surface area contributed by atoms with Crippen molar-refractivity contribution in [3.63, 3.8) is 0 Å². The third kappa shape index (κ3) is 6.50. The Morgan fingerprint density at radius 1 is 1.06 bits per heavy atom. The predicted octanol–water partition coefficient (Wildman–Crippen LogP) is 6.15. The normalized spacial score (nSPS) is 12.1. The number of rotatable bonds is 13. The molecule has 2 aromatic carbocycles. The SMILES string of the molecule is C=CCCC(O)CN(Cc1ccco1)Cc1c(CC)nn(-c2ccccc2)c1Oc1ccccc1. The number of allylic oxidation sites excluding steroid dienone is 1. The molecule has 182 valence electrons. The number of hydrogen-bond donors (Lipinski definition) is 1. The molecule has 1 atom stereocenters. The van der Waals surface area contributed by atoms with Gasteiger partial charge in [0.15, 0.2) is 0 Å². The number of para-hydroxylation sites is 2. The summed E-state index contributed by atoms with van der Waals surface area (Å²) >= 11 is 0. The summed E-state index contributed by atoms with van der Waals surface area (Å²) in [5, 5.41) is 15.6. The van der Waals surface area contributed by atoms with E-state index in [2.05, 4.69) is 18.4 Å². The van der Waals surface area contributed by atoms with Crippen LogP contribution in [0.2, 0.25) is 0 Å². The van der Waals surface area contributed by atoms with E-state index in [0.717, 1.165) is 41.3 Å². The number of aromatic nitrogens is 2. The van der Waals surface area contributed by atoms with Gasteiger partial charge in [0.25, 0.3) is 0 Å². The quantitative estimate of drug-likeness (QED) is 0.237. The zero-order valence-corrected chi connectivity index (χ0v) is 20.2. The molecule has 6 nitrogen and oxygen atoms in total. The Bertz CT molecular complexity index is 1170. The van der Waals surface area contributed by atoms with Gasteiger partial charge in [0.1, 0.15) is 11.5 Å². The molecule has 0 saturated heterocycles. The molecule has 1 N–H and O–H groups in total. The van der Waals surface area contributed by atoms with Gasteiger partial charge in [-0.15, -0.1) is 6.58 Å². The molecule has 0 amide bonds.